The molecule has 0 unspecified atom stereocenters. The molecule has 1 aromatic heterocycles. The van der Waals surface area contributed by atoms with Gasteiger partial charge in [0.2, 0.25) is 0 Å². The summed E-state index contributed by atoms with van der Waals surface area (Å²) in [6.45, 7) is 1.69. The van der Waals surface area contributed by atoms with Crippen LogP contribution < -0.4 is 5.73 Å². The van der Waals surface area contributed by atoms with Gasteiger partial charge in [-0.25, -0.2) is 9.37 Å². The fourth-order valence-electron chi connectivity index (χ4n) is 2.09. The van der Waals surface area contributed by atoms with E-state index in [1.807, 2.05) is 17.8 Å². The maximum absolute atomic E-state index is 13.2. The molecule has 2 atom stereocenters. The molecule has 2 rings (SSSR count). The number of hydrogen-bond donors (Lipinski definition) is 1. The normalized spacial score (nSPS) is 27.4. The predicted octanol–water partition coefficient (Wildman–Crippen LogP) is 0.291. The van der Waals surface area contributed by atoms with Crippen LogP contribution in [-0.4, -0.2) is 39.8 Å². The van der Waals surface area contributed by atoms with E-state index in [-0.39, 0.29) is 6.04 Å². The molecule has 0 aromatic carbocycles. The molecular formula is C10H17FN4. The van der Waals surface area contributed by atoms with Crippen molar-refractivity contribution in [2.75, 3.05) is 13.1 Å². The number of imidazole rings is 1. The minimum atomic E-state index is -0.737. The van der Waals surface area contributed by atoms with Gasteiger partial charge in [-0.15, -0.1) is 0 Å². The van der Waals surface area contributed by atoms with E-state index in [0.717, 1.165) is 5.82 Å². The minimum Gasteiger partial charge on any atom is -0.337 e. The first-order chi connectivity index (χ1) is 7.20. The lowest BCUT2D eigenvalue weighted by atomic mass is 10.2. The fourth-order valence-corrected chi connectivity index (χ4v) is 2.09. The monoisotopic (exact) mass is 212 g/mol. The number of hydrogen-bond acceptors (Lipinski definition) is 3. The summed E-state index contributed by atoms with van der Waals surface area (Å²) in [5.41, 5.74) is 5.62. The van der Waals surface area contributed by atoms with Crippen molar-refractivity contribution in [1.29, 1.82) is 0 Å². The number of nitrogens with zero attached hydrogens (tertiary/aromatic N) is 3. The van der Waals surface area contributed by atoms with Gasteiger partial charge in [0, 0.05) is 38.6 Å². The Hall–Kier alpha value is -0.940. The topological polar surface area (TPSA) is 47.1 Å². The van der Waals surface area contributed by atoms with Crippen molar-refractivity contribution < 1.29 is 4.39 Å². The molecule has 1 aromatic rings. The van der Waals surface area contributed by atoms with Crippen molar-refractivity contribution in [3.8, 4) is 0 Å². The summed E-state index contributed by atoms with van der Waals surface area (Å²) in [6.07, 6.45) is 3.48. The molecule has 2 N–H and O–H groups in total. The number of nitrogens with two attached hydrogens (primary N) is 1. The highest BCUT2D eigenvalue weighted by Gasteiger charge is 2.31. The minimum absolute atomic E-state index is 0.164. The van der Waals surface area contributed by atoms with Gasteiger partial charge < -0.3 is 10.3 Å². The maximum Gasteiger partial charge on any atom is 0.122 e. The van der Waals surface area contributed by atoms with Gasteiger partial charge in [0.1, 0.15) is 12.0 Å². The van der Waals surface area contributed by atoms with Crippen LogP contribution in [0.5, 0.6) is 0 Å². The second-order valence-electron chi connectivity index (χ2n) is 4.11. The third kappa shape index (κ3) is 2.18. The molecule has 1 aliphatic heterocycles. The van der Waals surface area contributed by atoms with E-state index in [9.17, 15) is 4.39 Å². The third-order valence-electron chi connectivity index (χ3n) is 3.01. The second kappa shape index (κ2) is 4.28. The Kier molecular flexibility index (Phi) is 3.02. The molecule has 5 heteroatoms. The lowest BCUT2D eigenvalue weighted by Crippen LogP contribution is -2.35. The molecule has 0 saturated carbocycles. The summed E-state index contributed by atoms with van der Waals surface area (Å²) in [4.78, 5) is 6.31. The number of aromatic nitrogens is 2. The van der Waals surface area contributed by atoms with Crippen molar-refractivity contribution in [2.45, 2.75) is 25.2 Å². The first-order valence-electron chi connectivity index (χ1n) is 5.25. The Balaban J connectivity index is 2.02. The molecule has 84 valence electrons. The maximum atomic E-state index is 13.2. The summed E-state index contributed by atoms with van der Waals surface area (Å²) < 4.78 is 15.2. The molecule has 1 fully saturated rings. The highest BCUT2D eigenvalue weighted by molar-refractivity contribution is 4.95. The zero-order valence-corrected chi connectivity index (χ0v) is 8.93. The van der Waals surface area contributed by atoms with Crippen LogP contribution >= 0.6 is 0 Å². The molecular weight excluding hydrogens is 195 g/mol. The van der Waals surface area contributed by atoms with Gasteiger partial charge in [0.05, 0.1) is 6.54 Å². The van der Waals surface area contributed by atoms with Crippen molar-refractivity contribution in [2.24, 2.45) is 12.8 Å². The Bertz CT molecular complexity index is 325. The largest absolute Gasteiger partial charge is 0.337 e. The smallest absolute Gasteiger partial charge is 0.122 e. The Labute approximate surface area is 88.9 Å². The van der Waals surface area contributed by atoms with Crippen LogP contribution in [0.25, 0.3) is 0 Å². The zero-order chi connectivity index (χ0) is 10.8. The molecule has 4 nitrogen and oxygen atoms in total. The molecule has 15 heavy (non-hydrogen) atoms. The van der Waals surface area contributed by atoms with E-state index in [2.05, 4.69) is 9.88 Å². The van der Waals surface area contributed by atoms with Gasteiger partial charge in [-0.3, -0.25) is 4.90 Å². The standard InChI is InChI=1S/C10H17FN4/c1-14-3-2-13-10(14)7-15-6-8(11)4-9(15)5-12/h2-3,8-9H,4-7,12H2,1H3/t8-,9-/m1/s1. The molecule has 2 heterocycles. The first-order valence-corrected chi connectivity index (χ1v) is 5.25. The SMILES string of the molecule is Cn1ccnc1CN1C[C@H](F)C[C@@H]1CN. The number of rotatable bonds is 3. The predicted molar refractivity (Wildman–Crippen MR) is 56.0 cm³/mol. The molecule has 1 aliphatic rings. The lowest BCUT2D eigenvalue weighted by molar-refractivity contribution is 0.231. The van der Waals surface area contributed by atoms with Crippen LogP contribution in [0.2, 0.25) is 0 Å². The van der Waals surface area contributed by atoms with E-state index in [0.29, 0.717) is 26.1 Å². The Morgan fingerprint density at radius 1 is 1.67 bits per heavy atom. The highest BCUT2D eigenvalue weighted by Crippen LogP contribution is 2.21. The summed E-state index contributed by atoms with van der Waals surface area (Å²) >= 11 is 0. The number of alkyl halides is 1. The molecule has 0 bridgehead atoms. The van der Waals surface area contributed by atoms with E-state index in [1.165, 1.54) is 0 Å². The fraction of sp³-hybridized carbons (Fsp3) is 0.700. The van der Waals surface area contributed by atoms with E-state index in [4.69, 9.17) is 5.73 Å². The second-order valence-corrected chi connectivity index (χ2v) is 4.11. The summed E-state index contributed by atoms with van der Waals surface area (Å²) in [5.74, 6) is 0.961. The van der Waals surface area contributed by atoms with Gasteiger partial charge >= 0.3 is 0 Å². The van der Waals surface area contributed by atoms with Gasteiger partial charge in [0.25, 0.3) is 0 Å². The van der Waals surface area contributed by atoms with E-state index in [1.54, 1.807) is 6.20 Å². The Morgan fingerprint density at radius 2 is 2.47 bits per heavy atom. The van der Waals surface area contributed by atoms with Crippen LogP contribution in [0.4, 0.5) is 4.39 Å². The van der Waals surface area contributed by atoms with Crippen molar-refractivity contribution >= 4 is 0 Å². The van der Waals surface area contributed by atoms with Gasteiger partial charge in [0.15, 0.2) is 0 Å². The number of likely N-dealkylation sites (tertiary alicyclic amines) is 1. The summed E-state index contributed by atoms with van der Waals surface area (Å²) in [5, 5.41) is 0. The lowest BCUT2D eigenvalue weighted by Gasteiger charge is -2.21. The number of aryl methyl sites for hydroxylation is 1. The van der Waals surface area contributed by atoms with E-state index >= 15 is 0 Å². The first kappa shape index (κ1) is 10.6. The van der Waals surface area contributed by atoms with Crippen LogP contribution in [0, 0.1) is 0 Å². The molecule has 0 spiro atoms. The molecule has 1 saturated heterocycles. The van der Waals surface area contributed by atoms with Crippen LogP contribution in [-0.2, 0) is 13.6 Å². The van der Waals surface area contributed by atoms with Crippen molar-refractivity contribution in [3.05, 3.63) is 18.2 Å². The van der Waals surface area contributed by atoms with E-state index < -0.39 is 6.17 Å². The van der Waals surface area contributed by atoms with Crippen molar-refractivity contribution in [3.63, 3.8) is 0 Å². The third-order valence-corrected chi connectivity index (χ3v) is 3.01. The van der Waals surface area contributed by atoms with Gasteiger partial charge in [-0.2, -0.15) is 0 Å². The average Bonchev–Trinajstić information content (AvgIpc) is 2.75. The quantitative estimate of drug-likeness (QED) is 0.783. The van der Waals surface area contributed by atoms with Crippen LogP contribution in [0.1, 0.15) is 12.2 Å². The summed E-state index contributed by atoms with van der Waals surface area (Å²) in [7, 11) is 1.95. The van der Waals surface area contributed by atoms with Crippen LogP contribution in [0.3, 0.4) is 0 Å². The summed E-state index contributed by atoms with van der Waals surface area (Å²) in [6, 6.07) is 0.164. The van der Waals surface area contributed by atoms with Gasteiger partial charge in [-0.1, -0.05) is 0 Å². The molecule has 0 radical (unpaired) electrons. The highest BCUT2D eigenvalue weighted by atomic mass is 19.1. The average molecular weight is 212 g/mol. The zero-order valence-electron chi connectivity index (χ0n) is 8.93. The molecule has 0 amide bonds. The molecule has 0 aliphatic carbocycles. The Morgan fingerprint density at radius 3 is 3.07 bits per heavy atom. The van der Waals surface area contributed by atoms with Gasteiger partial charge in [-0.05, 0) is 6.42 Å². The number of halogens is 1. The van der Waals surface area contributed by atoms with Crippen molar-refractivity contribution in [1.82, 2.24) is 14.5 Å². The van der Waals surface area contributed by atoms with Crippen LogP contribution in [0.15, 0.2) is 12.4 Å².